The summed E-state index contributed by atoms with van der Waals surface area (Å²) >= 11 is 0. The molecule has 78 valence electrons. The first-order valence-electron chi connectivity index (χ1n) is 4.32. The van der Waals surface area contributed by atoms with Crippen molar-refractivity contribution in [3.05, 3.63) is 27.2 Å². The maximum absolute atomic E-state index is 11.9. The molecule has 0 aliphatic rings. The van der Waals surface area contributed by atoms with Crippen molar-refractivity contribution in [3.8, 4) is 0 Å². The molecule has 0 spiro atoms. The van der Waals surface area contributed by atoms with Gasteiger partial charge in [-0.2, -0.15) is 3.79 Å². The number of nitrogens with zero attached hydrogens (tertiary/aromatic N) is 4. The topological polar surface area (TPSA) is 60.8 Å². The molecular weight excluding hydrogens is 236 g/mol. The van der Waals surface area contributed by atoms with Gasteiger partial charge in [0.05, 0.1) is 0 Å². The molecule has 3 rings (SSSR count). The lowest BCUT2D eigenvalue weighted by Crippen LogP contribution is -2.37. The van der Waals surface area contributed by atoms with Crippen molar-refractivity contribution in [1.82, 2.24) is 17.1 Å². The molecule has 6 nitrogen and oxygen atoms in total. The van der Waals surface area contributed by atoms with Crippen LogP contribution in [0.1, 0.15) is 6.92 Å². The largest absolute Gasteiger partial charge is 0.347 e. The van der Waals surface area contributed by atoms with Crippen LogP contribution in [-0.4, -0.2) is 17.1 Å². The fourth-order valence-electron chi connectivity index (χ4n) is 1.55. The van der Waals surface area contributed by atoms with Crippen molar-refractivity contribution >= 4 is 32.2 Å². The Morgan fingerprint density at radius 1 is 1.40 bits per heavy atom. The van der Waals surface area contributed by atoms with E-state index in [0.29, 0.717) is 17.7 Å². The number of rotatable bonds is 1. The molecule has 0 aromatic carbocycles. The fourth-order valence-corrected chi connectivity index (χ4v) is 3.53. The van der Waals surface area contributed by atoms with Crippen LogP contribution in [0.5, 0.6) is 0 Å². The standard InChI is InChI=1S/C7H6N4O2S2/c1-2-9-6(12)4-5-8-3-10(4)14-15-11(5)7(9)13/h3H,2H2,1H3. The van der Waals surface area contributed by atoms with Crippen LogP contribution >= 0.6 is 21.1 Å². The second kappa shape index (κ2) is 2.80. The summed E-state index contributed by atoms with van der Waals surface area (Å²) in [5.74, 6) is 0. The van der Waals surface area contributed by atoms with Crippen molar-refractivity contribution in [1.29, 1.82) is 0 Å². The first-order valence-corrected chi connectivity index (χ1v) is 6.39. The van der Waals surface area contributed by atoms with Gasteiger partial charge in [0.1, 0.15) is 6.33 Å². The Balaban J connectivity index is 2.80. The predicted octanol–water partition coefficient (Wildman–Crippen LogP) is 0.252. The minimum atomic E-state index is -0.308. The van der Waals surface area contributed by atoms with E-state index in [4.69, 9.17) is 0 Å². The molecule has 0 radical (unpaired) electrons. The third-order valence-electron chi connectivity index (χ3n) is 2.27. The third kappa shape index (κ3) is 0.948. The van der Waals surface area contributed by atoms with Crippen molar-refractivity contribution < 1.29 is 0 Å². The zero-order chi connectivity index (χ0) is 10.6. The van der Waals surface area contributed by atoms with Crippen molar-refractivity contribution in [2.45, 2.75) is 13.5 Å². The fraction of sp³-hybridized carbons (Fsp3) is 0.286. The van der Waals surface area contributed by atoms with Gasteiger partial charge in [0.15, 0.2) is 11.2 Å². The van der Waals surface area contributed by atoms with Crippen LogP contribution in [0.3, 0.4) is 0 Å². The smallest absolute Gasteiger partial charge is 0.267 e. The molecule has 0 N–H and O–H groups in total. The molecule has 0 atom stereocenters. The molecule has 3 aromatic heterocycles. The van der Waals surface area contributed by atoms with E-state index in [0.717, 1.165) is 0 Å². The lowest BCUT2D eigenvalue weighted by Gasteiger charge is -2.03. The molecule has 0 saturated heterocycles. The predicted molar refractivity (Wildman–Crippen MR) is 58.1 cm³/mol. The van der Waals surface area contributed by atoms with Gasteiger partial charge < -0.3 is 0 Å². The van der Waals surface area contributed by atoms with Crippen LogP contribution in [0.15, 0.2) is 15.9 Å². The van der Waals surface area contributed by atoms with E-state index in [2.05, 4.69) is 4.98 Å². The SMILES string of the molecule is CCn1c(=O)c2c3ncn2ssn3c1=O. The maximum Gasteiger partial charge on any atom is 0.347 e. The molecule has 0 aliphatic carbocycles. The summed E-state index contributed by atoms with van der Waals surface area (Å²) in [5, 5.41) is 0. The minimum absolute atomic E-state index is 0.265. The number of imidazole rings is 1. The summed E-state index contributed by atoms with van der Waals surface area (Å²) in [4.78, 5) is 27.8. The Morgan fingerprint density at radius 2 is 2.20 bits per heavy atom. The first-order chi connectivity index (χ1) is 7.24. The molecule has 3 heterocycles. The van der Waals surface area contributed by atoms with Crippen LogP contribution in [0, 0.1) is 0 Å². The Kier molecular flexibility index (Phi) is 1.65. The molecule has 0 saturated carbocycles. The third-order valence-corrected chi connectivity index (χ3v) is 4.38. The first kappa shape index (κ1) is 8.86. The quantitative estimate of drug-likeness (QED) is 0.575. The van der Waals surface area contributed by atoms with Crippen LogP contribution in [0.2, 0.25) is 0 Å². The monoisotopic (exact) mass is 242 g/mol. The van der Waals surface area contributed by atoms with E-state index in [1.165, 1.54) is 29.4 Å². The molecule has 15 heavy (non-hydrogen) atoms. The van der Waals surface area contributed by atoms with Gasteiger partial charge in [-0.25, -0.2) is 13.6 Å². The molecule has 0 aliphatic heterocycles. The Labute approximate surface area is 90.3 Å². The Bertz CT molecular complexity index is 755. The second-order valence-electron chi connectivity index (χ2n) is 3.02. The van der Waals surface area contributed by atoms with Crippen molar-refractivity contribution in [2.75, 3.05) is 0 Å². The van der Waals surface area contributed by atoms with Gasteiger partial charge in [-0.1, -0.05) is 0 Å². The van der Waals surface area contributed by atoms with E-state index in [-0.39, 0.29) is 11.2 Å². The van der Waals surface area contributed by atoms with Gasteiger partial charge >= 0.3 is 5.69 Å². The van der Waals surface area contributed by atoms with Crippen molar-refractivity contribution in [3.63, 3.8) is 0 Å². The van der Waals surface area contributed by atoms with Gasteiger partial charge in [-0.3, -0.25) is 9.36 Å². The minimum Gasteiger partial charge on any atom is -0.267 e. The lowest BCUT2D eigenvalue weighted by molar-refractivity contribution is 0.676. The molecule has 0 fully saturated rings. The van der Waals surface area contributed by atoms with Gasteiger partial charge in [0.25, 0.3) is 5.56 Å². The van der Waals surface area contributed by atoms with Gasteiger partial charge in [0, 0.05) is 27.6 Å². The maximum atomic E-state index is 11.9. The molecule has 0 unspecified atom stereocenters. The number of aromatic nitrogens is 4. The molecular formula is C7H6N4O2S2. The van der Waals surface area contributed by atoms with E-state index in [1.54, 1.807) is 17.0 Å². The van der Waals surface area contributed by atoms with Gasteiger partial charge in [-0.15, -0.1) is 0 Å². The summed E-state index contributed by atoms with van der Waals surface area (Å²) in [6, 6.07) is 0. The molecule has 3 aromatic rings. The normalized spacial score (nSPS) is 11.8. The zero-order valence-electron chi connectivity index (χ0n) is 7.71. The summed E-state index contributed by atoms with van der Waals surface area (Å²) < 4.78 is 4.35. The summed E-state index contributed by atoms with van der Waals surface area (Å²) in [7, 11) is 2.59. The summed E-state index contributed by atoms with van der Waals surface area (Å²) in [6.07, 6.45) is 1.56. The Hall–Kier alpha value is -1.41. The average Bonchev–Trinajstić information content (AvgIpc) is 2.52. The lowest BCUT2D eigenvalue weighted by atomic mass is 10.5. The van der Waals surface area contributed by atoms with Gasteiger partial charge in [-0.05, 0) is 6.92 Å². The highest BCUT2D eigenvalue weighted by Gasteiger charge is 2.15. The van der Waals surface area contributed by atoms with E-state index in [9.17, 15) is 9.59 Å². The molecule has 8 heteroatoms. The van der Waals surface area contributed by atoms with Crippen molar-refractivity contribution in [2.24, 2.45) is 0 Å². The highest BCUT2D eigenvalue weighted by molar-refractivity contribution is 7.64. The zero-order valence-corrected chi connectivity index (χ0v) is 9.34. The van der Waals surface area contributed by atoms with E-state index < -0.39 is 0 Å². The highest BCUT2D eigenvalue weighted by atomic mass is 32.9. The van der Waals surface area contributed by atoms with Crippen LogP contribution in [0.25, 0.3) is 11.2 Å². The average molecular weight is 242 g/mol. The highest BCUT2D eigenvalue weighted by Crippen LogP contribution is 2.14. The summed E-state index contributed by atoms with van der Waals surface area (Å²) in [5.41, 5.74) is 0.371. The van der Waals surface area contributed by atoms with Crippen LogP contribution in [-0.2, 0) is 6.54 Å². The number of hydrogen-bond donors (Lipinski definition) is 0. The summed E-state index contributed by atoms with van der Waals surface area (Å²) in [6.45, 7) is 2.16. The second-order valence-corrected chi connectivity index (χ2v) is 4.97. The number of hydrogen-bond acceptors (Lipinski definition) is 5. The van der Waals surface area contributed by atoms with E-state index in [1.807, 2.05) is 0 Å². The molecule has 0 amide bonds. The van der Waals surface area contributed by atoms with Crippen LogP contribution in [0.4, 0.5) is 0 Å². The molecule has 4 bridgehead atoms. The van der Waals surface area contributed by atoms with Gasteiger partial charge in [0.2, 0.25) is 0 Å². The van der Waals surface area contributed by atoms with Crippen LogP contribution < -0.4 is 11.2 Å². The van der Waals surface area contributed by atoms with E-state index >= 15 is 0 Å². The Morgan fingerprint density at radius 3 is 2.93 bits per heavy atom.